The Hall–Kier alpha value is -2.10. The molecule has 0 aliphatic carbocycles. The molecule has 30 heavy (non-hydrogen) atoms. The SMILES string of the molecule is CCCCCCCCCNC(=O)c1cc(-c2ccc(Cl)cc2Cl)nc2ccccc12. The molecule has 0 radical (unpaired) electrons. The average Bonchev–Trinajstić information content (AvgIpc) is 2.74. The maximum absolute atomic E-state index is 13.0. The minimum absolute atomic E-state index is 0.0779. The smallest absolute Gasteiger partial charge is 0.252 e. The lowest BCUT2D eigenvalue weighted by Crippen LogP contribution is -2.24. The van der Waals surface area contributed by atoms with Crippen molar-refractivity contribution in [2.75, 3.05) is 6.54 Å². The molecule has 0 bridgehead atoms. The van der Waals surface area contributed by atoms with E-state index in [-0.39, 0.29) is 5.91 Å². The highest BCUT2D eigenvalue weighted by atomic mass is 35.5. The molecule has 1 N–H and O–H groups in total. The Labute approximate surface area is 188 Å². The van der Waals surface area contributed by atoms with Gasteiger partial charge in [-0.05, 0) is 36.8 Å². The van der Waals surface area contributed by atoms with Gasteiger partial charge >= 0.3 is 0 Å². The number of carbonyl (C=O) groups excluding carboxylic acids is 1. The molecule has 1 heterocycles. The second-order valence-corrected chi connectivity index (χ2v) is 8.42. The van der Waals surface area contributed by atoms with E-state index in [4.69, 9.17) is 28.2 Å². The Morgan fingerprint density at radius 3 is 2.43 bits per heavy atom. The first kappa shape index (κ1) is 22.6. The fourth-order valence-corrected chi connectivity index (χ4v) is 4.08. The number of amides is 1. The van der Waals surface area contributed by atoms with Crippen LogP contribution in [0.15, 0.2) is 48.5 Å². The van der Waals surface area contributed by atoms with Crippen molar-refractivity contribution in [3.63, 3.8) is 0 Å². The van der Waals surface area contributed by atoms with Crippen LogP contribution in [-0.4, -0.2) is 17.4 Å². The van der Waals surface area contributed by atoms with E-state index >= 15 is 0 Å². The van der Waals surface area contributed by atoms with Gasteiger partial charge in [0.1, 0.15) is 0 Å². The van der Waals surface area contributed by atoms with Crippen molar-refractivity contribution in [3.05, 3.63) is 64.1 Å². The molecule has 0 aliphatic rings. The van der Waals surface area contributed by atoms with Gasteiger partial charge in [-0.25, -0.2) is 4.98 Å². The van der Waals surface area contributed by atoms with Crippen LogP contribution in [0.3, 0.4) is 0 Å². The summed E-state index contributed by atoms with van der Waals surface area (Å²) in [6.45, 7) is 2.91. The van der Waals surface area contributed by atoms with Crippen molar-refractivity contribution in [2.45, 2.75) is 51.9 Å². The largest absolute Gasteiger partial charge is 0.352 e. The molecule has 0 atom stereocenters. The number of nitrogens with one attached hydrogen (secondary N) is 1. The van der Waals surface area contributed by atoms with Crippen LogP contribution in [0.25, 0.3) is 22.2 Å². The monoisotopic (exact) mass is 442 g/mol. The lowest BCUT2D eigenvalue weighted by Gasteiger charge is -2.11. The minimum atomic E-state index is -0.0779. The van der Waals surface area contributed by atoms with E-state index in [9.17, 15) is 4.79 Å². The lowest BCUT2D eigenvalue weighted by atomic mass is 10.0. The van der Waals surface area contributed by atoms with E-state index in [1.165, 1.54) is 32.1 Å². The fourth-order valence-electron chi connectivity index (χ4n) is 3.58. The van der Waals surface area contributed by atoms with Gasteiger partial charge in [0.25, 0.3) is 5.91 Å². The van der Waals surface area contributed by atoms with Crippen LogP contribution in [0.5, 0.6) is 0 Å². The Kier molecular flexibility index (Phi) is 8.53. The number of pyridine rings is 1. The third-order valence-electron chi connectivity index (χ3n) is 5.23. The average molecular weight is 443 g/mol. The predicted molar refractivity (Wildman–Crippen MR) is 128 cm³/mol. The normalized spacial score (nSPS) is 11.0. The third-order valence-corrected chi connectivity index (χ3v) is 5.78. The standard InChI is InChI=1S/C25H28Cl2N2O/c1-2-3-4-5-6-7-10-15-28-25(30)21-17-24(20-14-13-18(26)16-22(20)27)29-23-12-9-8-11-19(21)23/h8-9,11-14,16-17H,2-7,10,15H2,1H3,(H,28,30). The molecule has 2 aromatic carbocycles. The first-order valence-electron chi connectivity index (χ1n) is 10.7. The molecule has 5 heteroatoms. The molecule has 0 aliphatic heterocycles. The van der Waals surface area contributed by atoms with Crippen molar-refractivity contribution in [3.8, 4) is 11.3 Å². The first-order valence-corrected chi connectivity index (χ1v) is 11.5. The van der Waals surface area contributed by atoms with Crippen LogP contribution in [-0.2, 0) is 0 Å². The van der Waals surface area contributed by atoms with Crippen LogP contribution in [0, 0.1) is 0 Å². The van der Waals surface area contributed by atoms with Crippen molar-refractivity contribution in [1.82, 2.24) is 10.3 Å². The molecule has 3 nitrogen and oxygen atoms in total. The highest BCUT2D eigenvalue weighted by Crippen LogP contribution is 2.31. The predicted octanol–water partition coefficient (Wildman–Crippen LogP) is 7.69. The lowest BCUT2D eigenvalue weighted by molar-refractivity contribution is 0.0954. The van der Waals surface area contributed by atoms with Crippen LogP contribution < -0.4 is 5.32 Å². The number of rotatable bonds is 10. The minimum Gasteiger partial charge on any atom is -0.352 e. The number of unbranched alkanes of at least 4 members (excludes halogenated alkanes) is 6. The number of hydrogen-bond acceptors (Lipinski definition) is 2. The number of para-hydroxylation sites is 1. The second kappa shape index (κ2) is 11.3. The Morgan fingerprint density at radius 2 is 1.67 bits per heavy atom. The van der Waals surface area contributed by atoms with Crippen LogP contribution in [0.4, 0.5) is 0 Å². The number of aromatic nitrogens is 1. The second-order valence-electron chi connectivity index (χ2n) is 7.57. The molecular weight excluding hydrogens is 415 g/mol. The summed E-state index contributed by atoms with van der Waals surface area (Å²) in [6, 6.07) is 14.8. The molecular formula is C25H28Cl2N2O. The molecule has 1 amide bonds. The molecule has 0 fully saturated rings. The van der Waals surface area contributed by atoms with Crippen molar-refractivity contribution in [1.29, 1.82) is 0 Å². The summed E-state index contributed by atoms with van der Waals surface area (Å²) in [6.07, 6.45) is 8.53. The van der Waals surface area contributed by atoms with Crippen molar-refractivity contribution >= 4 is 40.0 Å². The van der Waals surface area contributed by atoms with Gasteiger partial charge in [0.15, 0.2) is 0 Å². The summed E-state index contributed by atoms with van der Waals surface area (Å²) in [4.78, 5) is 17.7. The number of halogens is 2. The van der Waals surface area contributed by atoms with Gasteiger partial charge in [-0.15, -0.1) is 0 Å². The number of benzene rings is 2. The zero-order valence-corrected chi connectivity index (χ0v) is 18.9. The van der Waals surface area contributed by atoms with Gasteiger partial charge in [-0.1, -0.05) is 86.8 Å². The van der Waals surface area contributed by atoms with Crippen LogP contribution in [0.2, 0.25) is 10.0 Å². The van der Waals surface area contributed by atoms with Gasteiger partial charge in [0, 0.05) is 22.5 Å². The quantitative estimate of drug-likeness (QED) is 0.326. The van der Waals surface area contributed by atoms with E-state index < -0.39 is 0 Å². The summed E-state index contributed by atoms with van der Waals surface area (Å²) < 4.78 is 0. The van der Waals surface area contributed by atoms with E-state index in [1.54, 1.807) is 12.1 Å². The van der Waals surface area contributed by atoms with E-state index in [1.807, 2.05) is 36.4 Å². The van der Waals surface area contributed by atoms with Crippen molar-refractivity contribution in [2.24, 2.45) is 0 Å². The van der Waals surface area contributed by atoms with Gasteiger partial charge in [0.2, 0.25) is 0 Å². The molecule has 3 rings (SSSR count). The van der Waals surface area contributed by atoms with Gasteiger partial charge in [0.05, 0.1) is 21.8 Å². The number of carbonyl (C=O) groups is 1. The van der Waals surface area contributed by atoms with Crippen LogP contribution in [0.1, 0.15) is 62.2 Å². The maximum Gasteiger partial charge on any atom is 0.252 e. The van der Waals surface area contributed by atoms with E-state index in [0.717, 1.165) is 29.3 Å². The highest BCUT2D eigenvalue weighted by Gasteiger charge is 2.15. The molecule has 0 spiro atoms. The third kappa shape index (κ3) is 5.96. The summed E-state index contributed by atoms with van der Waals surface area (Å²) in [5, 5.41) is 4.99. The summed E-state index contributed by atoms with van der Waals surface area (Å²) in [5.41, 5.74) is 2.80. The van der Waals surface area contributed by atoms with Crippen molar-refractivity contribution < 1.29 is 4.79 Å². The summed E-state index contributed by atoms with van der Waals surface area (Å²) >= 11 is 12.4. The van der Waals surface area contributed by atoms with E-state index in [0.29, 0.717) is 27.8 Å². The number of hydrogen-bond donors (Lipinski definition) is 1. The zero-order valence-electron chi connectivity index (χ0n) is 17.4. The number of nitrogens with zero attached hydrogens (tertiary/aromatic N) is 1. The molecule has 3 aromatic rings. The van der Waals surface area contributed by atoms with Gasteiger partial charge in [-0.3, -0.25) is 4.79 Å². The molecule has 1 aromatic heterocycles. The first-order chi connectivity index (χ1) is 14.6. The molecule has 0 unspecified atom stereocenters. The summed E-state index contributed by atoms with van der Waals surface area (Å²) in [5.74, 6) is -0.0779. The Morgan fingerprint density at radius 1 is 0.933 bits per heavy atom. The molecule has 0 saturated heterocycles. The van der Waals surface area contributed by atoms with Gasteiger partial charge < -0.3 is 5.32 Å². The maximum atomic E-state index is 13.0. The van der Waals surface area contributed by atoms with E-state index in [2.05, 4.69) is 12.2 Å². The number of fused-ring (bicyclic) bond motifs is 1. The van der Waals surface area contributed by atoms with Gasteiger partial charge in [-0.2, -0.15) is 0 Å². The fraction of sp³-hybridized carbons (Fsp3) is 0.360. The van der Waals surface area contributed by atoms with Crippen LogP contribution >= 0.6 is 23.2 Å². The Bertz CT molecular complexity index is 1000. The highest BCUT2D eigenvalue weighted by molar-refractivity contribution is 6.36. The zero-order chi connectivity index (χ0) is 21.3. The Balaban J connectivity index is 1.73. The topological polar surface area (TPSA) is 42.0 Å². The molecule has 0 saturated carbocycles. The molecule has 158 valence electrons. The summed E-state index contributed by atoms with van der Waals surface area (Å²) in [7, 11) is 0.